The molecule has 1 aliphatic rings. The lowest BCUT2D eigenvalue weighted by Gasteiger charge is -2.05. The summed E-state index contributed by atoms with van der Waals surface area (Å²) in [4.78, 5) is 34.4. The molecule has 6 nitrogen and oxygen atoms in total. The van der Waals surface area contributed by atoms with E-state index in [9.17, 15) is 14.4 Å². The van der Waals surface area contributed by atoms with Crippen molar-refractivity contribution in [2.45, 2.75) is 19.3 Å². The lowest BCUT2D eigenvalue weighted by molar-refractivity contribution is -0.116. The van der Waals surface area contributed by atoms with Crippen LogP contribution in [-0.4, -0.2) is 29.4 Å². The second kappa shape index (κ2) is 5.62. The summed E-state index contributed by atoms with van der Waals surface area (Å²) in [5.41, 5.74) is 1.08. The van der Waals surface area contributed by atoms with Gasteiger partial charge in [0.2, 0.25) is 5.91 Å². The van der Waals surface area contributed by atoms with E-state index in [0.717, 1.165) is 0 Å². The highest BCUT2D eigenvalue weighted by Crippen LogP contribution is 2.20. The second-order valence-electron chi connectivity index (χ2n) is 4.27. The molecule has 1 aromatic carbocycles. The van der Waals surface area contributed by atoms with Gasteiger partial charge in [-0.25, -0.2) is 0 Å². The van der Waals surface area contributed by atoms with Crippen LogP contribution >= 0.6 is 0 Å². The van der Waals surface area contributed by atoms with Gasteiger partial charge >= 0.3 is 0 Å². The number of aliphatic hydroxyl groups excluding tert-OH is 1. The van der Waals surface area contributed by atoms with Crippen LogP contribution in [0.25, 0.3) is 0 Å². The van der Waals surface area contributed by atoms with Crippen molar-refractivity contribution in [2.75, 3.05) is 11.9 Å². The zero-order chi connectivity index (χ0) is 13.8. The molecule has 19 heavy (non-hydrogen) atoms. The predicted octanol–water partition coefficient (Wildman–Crippen LogP) is 0.671. The Hall–Kier alpha value is -2.21. The molecule has 2 rings (SSSR count). The average molecular weight is 262 g/mol. The minimum absolute atomic E-state index is 0.0639. The first-order valence-corrected chi connectivity index (χ1v) is 6.02. The fraction of sp³-hybridized carbons (Fsp3) is 0.308. The molecule has 0 radical (unpaired) electrons. The highest BCUT2D eigenvalue weighted by molar-refractivity contribution is 6.22. The van der Waals surface area contributed by atoms with Crippen LogP contribution in [0.5, 0.6) is 0 Å². The van der Waals surface area contributed by atoms with E-state index in [1.165, 1.54) is 12.1 Å². The fourth-order valence-corrected chi connectivity index (χ4v) is 1.87. The number of rotatable bonds is 5. The number of hydrogen-bond donors (Lipinski definition) is 3. The maximum atomic E-state index is 11.6. The molecule has 1 aromatic rings. The molecular weight excluding hydrogens is 248 g/mol. The summed E-state index contributed by atoms with van der Waals surface area (Å²) in [5, 5.41) is 13.5. The molecule has 100 valence electrons. The van der Waals surface area contributed by atoms with Crippen LogP contribution in [0.1, 0.15) is 40.0 Å². The number of amides is 3. The zero-order valence-corrected chi connectivity index (χ0v) is 10.2. The third-order valence-corrected chi connectivity index (χ3v) is 2.83. The monoisotopic (exact) mass is 262 g/mol. The van der Waals surface area contributed by atoms with Crippen molar-refractivity contribution in [3.63, 3.8) is 0 Å². The first-order valence-electron chi connectivity index (χ1n) is 6.02. The summed E-state index contributed by atoms with van der Waals surface area (Å²) >= 11 is 0. The van der Waals surface area contributed by atoms with Gasteiger partial charge in [-0.3, -0.25) is 19.7 Å². The molecule has 3 amide bonds. The van der Waals surface area contributed by atoms with Gasteiger partial charge < -0.3 is 10.4 Å². The van der Waals surface area contributed by atoms with E-state index in [0.29, 0.717) is 30.5 Å². The van der Waals surface area contributed by atoms with Gasteiger partial charge in [-0.1, -0.05) is 0 Å². The summed E-state index contributed by atoms with van der Waals surface area (Å²) in [6.45, 7) is 0.0639. The van der Waals surface area contributed by atoms with Crippen LogP contribution in [0.15, 0.2) is 18.2 Å². The van der Waals surface area contributed by atoms with Gasteiger partial charge in [0.25, 0.3) is 11.8 Å². The molecule has 0 spiro atoms. The van der Waals surface area contributed by atoms with Gasteiger partial charge in [-0.2, -0.15) is 0 Å². The van der Waals surface area contributed by atoms with Crippen molar-refractivity contribution in [3.05, 3.63) is 29.3 Å². The lowest BCUT2D eigenvalue weighted by Crippen LogP contribution is -2.19. The van der Waals surface area contributed by atoms with Crippen molar-refractivity contribution < 1.29 is 19.5 Å². The van der Waals surface area contributed by atoms with Crippen LogP contribution in [0.4, 0.5) is 5.69 Å². The Kier molecular flexibility index (Phi) is 3.91. The minimum atomic E-state index is -0.448. The number of carbonyl (C=O) groups excluding carboxylic acids is 3. The number of fused-ring (bicyclic) bond motifs is 1. The molecule has 0 saturated carbocycles. The number of hydrogen-bond acceptors (Lipinski definition) is 4. The number of imide groups is 1. The van der Waals surface area contributed by atoms with Crippen LogP contribution in [0.2, 0.25) is 0 Å². The van der Waals surface area contributed by atoms with Gasteiger partial charge in [0, 0.05) is 18.7 Å². The topological polar surface area (TPSA) is 95.5 Å². The largest absolute Gasteiger partial charge is 0.396 e. The van der Waals surface area contributed by atoms with Crippen molar-refractivity contribution in [1.29, 1.82) is 0 Å². The quantitative estimate of drug-likeness (QED) is 0.537. The second-order valence-corrected chi connectivity index (χ2v) is 4.27. The van der Waals surface area contributed by atoms with Crippen molar-refractivity contribution >= 4 is 23.4 Å². The van der Waals surface area contributed by atoms with Gasteiger partial charge in [0.15, 0.2) is 0 Å². The van der Waals surface area contributed by atoms with Crippen molar-refractivity contribution in [1.82, 2.24) is 5.32 Å². The van der Waals surface area contributed by atoms with E-state index in [1.54, 1.807) is 6.07 Å². The van der Waals surface area contributed by atoms with Gasteiger partial charge in [-0.05, 0) is 31.0 Å². The Morgan fingerprint density at radius 3 is 2.63 bits per heavy atom. The van der Waals surface area contributed by atoms with Crippen LogP contribution in [-0.2, 0) is 4.79 Å². The summed E-state index contributed by atoms with van der Waals surface area (Å²) in [6.07, 6.45) is 1.49. The molecule has 0 unspecified atom stereocenters. The van der Waals surface area contributed by atoms with E-state index in [-0.39, 0.29) is 18.1 Å². The van der Waals surface area contributed by atoms with Crippen molar-refractivity contribution in [3.8, 4) is 0 Å². The first-order chi connectivity index (χ1) is 9.11. The molecule has 0 fully saturated rings. The smallest absolute Gasteiger partial charge is 0.259 e. The Labute approximate surface area is 109 Å². The third-order valence-electron chi connectivity index (χ3n) is 2.83. The van der Waals surface area contributed by atoms with Crippen LogP contribution in [0, 0.1) is 0 Å². The predicted molar refractivity (Wildman–Crippen MR) is 67.8 cm³/mol. The summed E-state index contributed by atoms with van der Waals surface area (Å²) in [7, 11) is 0. The number of unbranched alkanes of at least 4 members (excludes halogenated alkanes) is 1. The standard InChI is InChI=1S/C13H14N2O4/c16-6-2-1-3-11(17)14-8-4-5-9-10(7-8)13(19)15-12(9)18/h4-5,7,16H,1-3,6H2,(H,14,17)(H,15,18,19). The SMILES string of the molecule is O=C(CCCCO)Nc1ccc2c(c1)C(=O)NC2=O. The molecule has 0 saturated heterocycles. The minimum Gasteiger partial charge on any atom is -0.396 e. The molecule has 0 aromatic heterocycles. The van der Waals surface area contributed by atoms with Crippen LogP contribution in [0.3, 0.4) is 0 Å². The Morgan fingerprint density at radius 2 is 1.89 bits per heavy atom. The Balaban J connectivity index is 2.03. The zero-order valence-electron chi connectivity index (χ0n) is 10.2. The lowest BCUT2D eigenvalue weighted by atomic mass is 10.1. The van der Waals surface area contributed by atoms with E-state index in [2.05, 4.69) is 10.6 Å². The fourth-order valence-electron chi connectivity index (χ4n) is 1.87. The molecule has 0 aliphatic carbocycles. The molecule has 0 atom stereocenters. The van der Waals surface area contributed by atoms with E-state index in [4.69, 9.17) is 5.11 Å². The molecule has 6 heteroatoms. The Morgan fingerprint density at radius 1 is 1.16 bits per heavy atom. The molecular formula is C13H14N2O4. The summed E-state index contributed by atoms with van der Waals surface area (Å²) in [5.74, 6) is -1.05. The number of aliphatic hydroxyl groups is 1. The number of nitrogens with one attached hydrogen (secondary N) is 2. The van der Waals surface area contributed by atoms with Gasteiger partial charge in [0.1, 0.15) is 0 Å². The van der Waals surface area contributed by atoms with Gasteiger partial charge in [0.05, 0.1) is 11.1 Å². The number of benzene rings is 1. The first kappa shape index (κ1) is 13.2. The average Bonchev–Trinajstić information content (AvgIpc) is 2.65. The normalized spacial score (nSPS) is 13.1. The highest BCUT2D eigenvalue weighted by Gasteiger charge is 2.26. The highest BCUT2D eigenvalue weighted by atomic mass is 16.3. The number of carbonyl (C=O) groups is 3. The van der Waals surface area contributed by atoms with Crippen LogP contribution < -0.4 is 10.6 Å². The van der Waals surface area contributed by atoms with E-state index >= 15 is 0 Å². The summed E-state index contributed by atoms with van der Waals surface area (Å²) < 4.78 is 0. The molecule has 3 N–H and O–H groups in total. The van der Waals surface area contributed by atoms with Gasteiger partial charge in [-0.15, -0.1) is 0 Å². The number of anilines is 1. The van der Waals surface area contributed by atoms with E-state index < -0.39 is 11.8 Å². The molecule has 1 heterocycles. The molecule has 1 aliphatic heterocycles. The third kappa shape index (κ3) is 2.97. The van der Waals surface area contributed by atoms with Crippen molar-refractivity contribution in [2.24, 2.45) is 0 Å². The maximum absolute atomic E-state index is 11.6. The maximum Gasteiger partial charge on any atom is 0.259 e. The van der Waals surface area contributed by atoms with E-state index in [1.807, 2.05) is 0 Å². The Bertz CT molecular complexity index is 539. The molecule has 0 bridgehead atoms. The summed E-state index contributed by atoms with van der Waals surface area (Å²) in [6, 6.07) is 4.58.